The number of benzene rings is 1. The van der Waals surface area contributed by atoms with Crippen LogP contribution in [-0.4, -0.2) is 9.97 Å². The molecule has 0 amide bonds. The quantitative estimate of drug-likeness (QED) is 0.802. The maximum Gasteiger partial charge on any atom is 0.344 e. The molecule has 2 aromatic rings. The highest BCUT2D eigenvalue weighted by atomic mass is 35.5. The van der Waals surface area contributed by atoms with Crippen LogP contribution in [0.4, 0.5) is 0 Å². The second kappa shape index (κ2) is 3.87. The van der Waals surface area contributed by atoms with E-state index < -0.39 is 0 Å². The van der Waals surface area contributed by atoms with E-state index in [0.29, 0.717) is 5.02 Å². The SMILES string of the molecule is Cc1cc(Cl)ccc1-c1cnc(=O)[nH]c1. The molecule has 2 rings (SSSR count). The number of hydrogen-bond donors (Lipinski definition) is 1. The van der Waals surface area contributed by atoms with Gasteiger partial charge in [0.2, 0.25) is 0 Å². The summed E-state index contributed by atoms with van der Waals surface area (Å²) in [5.74, 6) is 0. The number of H-pyrrole nitrogens is 1. The number of aromatic nitrogens is 2. The number of halogens is 1. The fourth-order valence-electron chi connectivity index (χ4n) is 1.44. The van der Waals surface area contributed by atoms with Crippen LogP contribution in [0.5, 0.6) is 0 Å². The van der Waals surface area contributed by atoms with Gasteiger partial charge in [-0.05, 0) is 30.2 Å². The van der Waals surface area contributed by atoms with Crippen LogP contribution < -0.4 is 5.69 Å². The monoisotopic (exact) mass is 220 g/mol. The van der Waals surface area contributed by atoms with Gasteiger partial charge in [-0.1, -0.05) is 17.7 Å². The Morgan fingerprint density at radius 2 is 2.20 bits per heavy atom. The molecule has 1 aromatic heterocycles. The summed E-state index contributed by atoms with van der Waals surface area (Å²) in [6, 6.07) is 5.60. The van der Waals surface area contributed by atoms with Crippen LogP contribution in [-0.2, 0) is 0 Å². The van der Waals surface area contributed by atoms with Gasteiger partial charge in [-0.3, -0.25) is 0 Å². The van der Waals surface area contributed by atoms with Crippen LogP contribution in [0.15, 0.2) is 35.4 Å². The molecule has 0 atom stereocenters. The molecule has 0 spiro atoms. The van der Waals surface area contributed by atoms with Crippen molar-refractivity contribution in [2.24, 2.45) is 0 Å². The van der Waals surface area contributed by atoms with Crippen molar-refractivity contribution in [3.63, 3.8) is 0 Å². The second-order valence-corrected chi connectivity index (χ2v) is 3.70. The normalized spacial score (nSPS) is 10.3. The van der Waals surface area contributed by atoms with Crippen molar-refractivity contribution in [3.8, 4) is 11.1 Å². The maximum absolute atomic E-state index is 10.8. The van der Waals surface area contributed by atoms with Crippen molar-refractivity contribution in [2.45, 2.75) is 6.92 Å². The van der Waals surface area contributed by atoms with E-state index >= 15 is 0 Å². The molecule has 1 N–H and O–H groups in total. The molecule has 1 heterocycles. The highest BCUT2D eigenvalue weighted by molar-refractivity contribution is 6.30. The zero-order valence-electron chi connectivity index (χ0n) is 8.12. The average Bonchev–Trinajstić information content (AvgIpc) is 2.20. The Morgan fingerprint density at radius 1 is 1.40 bits per heavy atom. The Bertz CT molecular complexity index is 528. The summed E-state index contributed by atoms with van der Waals surface area (Å²) in [5, 5.41) is 0.702. The molecule has 1 aromatic carbocycles. The summed E-state index contributed by atoms with van der Waals surface area (Å²) < 4.78 is 0. The molecule has 0 unspecified atom stereocenters. The summed E-state index contributed by atoms with van der Waals surface area (Å²) in [6.07, 6.45) is 3.20. The Balaban J connectivity index is 2.54. The van der Waals surface area contributed by atoms with Crippen LogP contribution in [0.25, 0.3) is 11.1 Å². The number of nitrogens with zero attached hydrogens (tertiary/aromatic N) is 1. The molecule has 3 nitrogen and oxygen atoms in total. The smallest absolute Gasteiger partial charge is 0.312 e. The van der Waals surface area contributed by atoms with Crippen molar-refractivity contribution >= 4 is 11.6 Å². The fourth-order valence-corrected chi connectivity index (χ4v) is 1.67. The lowest BCUT2D eigenvalue weighted by molar-refractivity contribution is 1.08. The molecule has 76 valence electrons. The second-order valence-electron chi connectivity index (χ2n) is 3.27. The van der Waals surface area contributed by atoms with Crippen LogP contribution in [0.2, 0.25) is 5.02 Å². The number of hydrogen-bond acceptors (Lipinski definition) is 2. The zero-order valence-corrected chi connectivity index (χ0v) is 8.88. The van der Waals surface area contributed by atoms with Crippen LogP contribution >= 0.6 is 11.6 Å². The Labute approximate surface area is 91.8 Å². The largest absolute Gasteiger partial charge is 0.344 e. The average molecular weight is 221 g/mol. The predicted octanol–water partition coefficient (Wildman–Crippen LogP) is 2.40. The van der Waals surface area contributed by atoms with E-state index in [-0.39, 0.29) is 5.69 Å². The highest BCUT2D eigenvalue weighted by Gasteiger charge is 2.02. The van der Waals surface area contributed by atoms with Gasteiger partial charge in [0.25, 0.3) is 0 Å². The Morgan fingerprint density at radius 3 is 2.80 bits per heavy atom. The van der Waals surface area contributed by atoms with Gasteiger partial charge in [-0.25, -0.2) is 9.78 Å². The summed E-state index contributed by atoms with van der Waals surface area (Å²) in [7, 11) is 0. The van der Waals surface area contributed by atoms with E-state index in [4.69, 9.17) is 11.6 Å². The van der Waals surface area contributed by atoms with Crippen molar-refractivity contribution in [1.82, 2.24) is 9.97 Å². The number of aryl methyl sites for hydroxylation is 1. The summed E-state index contributed by atoms with van der Waals surface area (Å²) in [5.41, 5.74) is 2.61. The highest BCUT2D eigenvalue weighted by Crippen LogP contribution is 2.24. The van der Waals surface area contributed by atoms with Crippen LogP contribution in [0.3, 0.4) is 0 Å². The standard InChI is InChI=1S/C11H9ClN2O/c1-7-4-9(12)2-3-10(7)8-5-13-11(15)14-6-8/h2-6H,1H3,(H,13,14,15). The van der Waals surface area contributed by atoms with Crippen LogP contribution in [0.1, 0.15) is 5.56 Å². The van der Waals surface area contributed by atoms with Crippen molar-refractivity contribution in [3.05, 3.63) is 51.7 Å². The summed E-state index contributed by atoms with van der Waals surface area (Å²) in [4.78, 5) is 17.0. The van der Waals surface area contributed by atoms with Gasteiger partial charge in [-0.15, -0.1) is 0 Å². The Kier molecular flexibility index (Phi) is 2.56. The molecular weight excluding hydrogens is 212 g/mol. The van der Waals surface area contributed by atoms with E-state index in [2.05, 4.69) is 9.97 Å². The van der Waals surface area contributed by atoms with Gasteiger partial charge in [0.1, 0.15) is 0 Å². The number of aromatic amines is 1. The van der Waals surface area contributed by atoms with Gasteiger partial charge in [0, 0.05) is 23.0 Å². The lowest BCUT2D eigenvalue weighted by Gasteiger charge is -2.04. The zero-order chi connectivity index (χ0) is 10.8. The molecule has 0 radical (unpaired) electrons. The molecule has 0 fully saturated rings. The molecule has 0 aliphatic carbocycles. The van der Waals surface area contributed by atoms with Gasteiger partial charge < -0.3 is 4.98 Å². The topological polar surface area (TPSA) is 45.8 Å². The first-order valence-electron chi connectivity index (χ1n) is 4.48. The predicted molar refractivity (Wildman–Crippen MR) is 60.0 cm³/mol. The minimum Gasteiger partial charge on any atom is -0.312 e. The third kappa shape index (κ3) is 2.07. The van der Waals surface area contributed by atoms with E-state index in [1.54, 1.807) is 12.4 Å². The molecule has 0 aliphatic rings. The summed E-state index contributed by atoms with van der Waals surface area (Å²) in [6.45, 7) is 1.96. The molecule has 15 heavy (non-hydrogen) atoms. The molecule has 0 aliphatic heterocycles. The van der Waals surface area contributed by atoms with E-state index in [1.165, 1.54) is 0 Å². The third-order valence-electron chi connectivity index (χ3n) is 2.17. The molecule has 0 bridgehead atoms. The van der Waals surface area contributed by atoms with Crippen LogP contribution in [0, 0.1) is 6.92 Å². The lowest BCUT2D eigenvalue weighted by atomic mass is 10.0. The van der Waals surface area contributed by atoms with Crippen molar-refractivity contribution in [2.75, 3.05) is 0 Å². The van der Waals surface area contributed by atoms with Crippen molar-refractivity contribution in [1.29, 1.82) is 0 Å². The first kappa shape index (κ1) is 9.93. The molecule has 0 saturated carbocycles. The summed E-state index contributed by atoms with van der Waals surface area (Å²) >= 11 is 5.86. The maximum atomic E-state index is 10.8. The van der Waals surface area contributed by atoms with E-state index in [9.17, 15) is 4.79 Å². The minimum atomic E-state index is -0.342. The Hall–Kier alpha value is -1.61. The van der Waals surface area contributed by atoms with E-state index in [0.717, 1.165) is 16.7 Å². The number of rotatable bonds is 1. The van der Waals surface area contributed by atoms with Gasteiger partial charge >= 0.3 is 5.69 Å². The molecule has 4 heteroatoms. The minimum absolute atomic E-state index is 0.342. The van der Waals surface area contributed by atoms with Crippen molar-refractivity contribution < 1.29 is 0 Å². The van der Waals surface area contributed by atoms with E-state index in [1.807, 2.05) is 25.1 Å². The lowest BCUT2D eigenvalue weighted by Crippen LogP contribution is -2.07. The van der Waals surface area contributed by atoms with Gasteiger partial charge in [0.05, 0.1) is 0 Å². The third-order valence-corrected chi connectivity index (χ3v) is 2.41. The molecular formula is C11H9ClN2O. The number of nitrogens with one attached hydrogen (secondary N) is 1. The fraction of sp³-hybridized carbons (Fsp3) is 0.0909. The first-order chi connectivity index (χ1) is 7.16. The van der Waals surface area contributed by atoms with Gasteiger partial charge in [0.15, 0.2) is 0 Å². The first-order valence-corrected chi connectivity index (χ1v) is 4.86. The molecule has 0 saturated heterocycles. The van der Waals surface area contributed by atoms with Gasteiger partial charge in [-0.2, -0.15) is 0 Å².